The van der Waals surface area contributed by atoms with Gasteiger partial charge in [-0.25, -0.2) is 4.79 Å². The number of hydrogen-bond donors (Lipinski definition) is 2. The molecule has 0 aliphatic heterocycles. The highest BCUT2D eigenvalue weighted by atomic mass is 35.5. The normalized spacial score (nSPS) is 10.9. The third-order valence-corrected chi connectivity index (χ3v) is 5.21. The Balaban J connectivity index is 2.05. The molecule has 0 saturated heterocycles. The summed E-state index contributed by atoms with van der Waals surface area (Å²) in [4.78, 5) is 27.4. The fourth-order valence-electron chi connectivity index (χ4n) is 3.24. The fourth-order valence-corrected chi connectivity index (χ4v) is 3.49. The number of amides is 1. The highest BCUT2D eigenvalue weighted by Crippen LogP contribution is 2.37. The third kappa shape index (κ3) is 6.03. The highest BCUT2D eigenvalue weighted by Gasteiger charge is 2.33. The van der Waals surface area contributed by atoms with Crippen LogP contribution >= 0.6 is 11.6 Å². The molecule has 2 aromatic carbocycles. The zero-order chi connectivity index (χ0) is 26.5. The minimum Gasteiger partial charge on any atom is -0.496 e. The van der Waals surface area contributed by atoms with E-state index >= 15 is 0 Å². The molecular weight excluding hydrogens is 503 g/mol. The van der Waals surface area contributed by atoms with Gasteiger partial charge in [-0.2, -0.15) is 18.4 Å². The largest absolute Gasteiger partial charge is 0.496 e. The molecule has 3 rings (SSSR count). The minimum atomic E-state index is -4.77. The number of hydrogen-bond acceptors (Lipinski definition) is 6. The zero-order valence-corrected chi connectivity index (χ0v) is 19.3. The summed E-state index contributed by atoms with van der Waals surface area (Å²) in [6.07, 6.45) is -3.94. The van der Waals surface area contributed by atoms with Crippen LogP contribution in [0, 0.1) is 11.3 Å². The van der Waals surface area contributed by atoms with Crippen LogP contribution in [0.5, 0.6) is 11.5 Å². The number of nitrogens with one attached hydrogen (secondary N) is 1. The molecular formula is C24H17ClF3N3O5. The smallest absolute Gasteiger partial charge is 0.433 e. The van der Waals surface area contributed by atoms with E-state index in [2.05, 4.69) is 10.3 Å². The number of carbonyl (C=O) groups is 2. The van der Waals surface area contributed by atoms with Crippen LogP contribution in [0.25, 0.3) is 11.1 Å². The molecule has 1 aromatic heterocycles. The van der Waals surface area contributed by atoms with E-state index in [-0.39, 0.29) is 39.6 Å². The van der Waals surface area contributed by atoms with E-state index in [4.69, 9.17) is 26.2 Å². The molecule has 0 spiro atoms. The number of alkyl halides is 3. The molecule has 0 saturated carbocycles. The van der Waals surface area contributed by atoms with Crippen LogP contribution in [0.2, 0.25) is 5.02 Å². The number of carboxylic acid groups (broad SMARTS) is 1. The number of halogens is 4. The van der Waals surface area contributed by atoms with Crippen molar-refractivity contribution in [3.63, 3.8) is 0 Å². The first-order valence-electron chi connectivity index (χ1n) is 10.1. The number of rotatable bonds is 8. The van der Waals surface area contributed by atoms with Gasteiger partial charge in [0, 0.05) is 35.5 Å². The van der Waals surface area contributed by atoms with Gasteiger partial charge in [0.05, 0.1) is 29.3 Å². The molecule has 8 nitrogen and oxygen atoms in total. The Bertz CT molecular complexity index is 1360. The molecule has 0 radical (unpaired) electrons. The van der Waals surface area contributed by atoms with Crippen molar-refractivity contribution in [1.82, 2.24) is 10.3 Å². The monoisotopic (exact) mass is 519 g/mol. The van der Waals surface area contributed by atoms with Crippen molar-refractivity contribution < 1.29 is 37.3 Å². The molecule has 0 atom stereocenters. The highest BCUT2D eigenvalue weighted by molar-refractivity contribution is 6.33. The number of methoxy groups -OCH3 is 1. The Hall–Kier alpha value is -4.30. The topological polar surface area (TPSA) is 122 Å². The Labute approximate surface area is 207 Å². The van der Waals surface area contributed by atoms with Crippen molar-refractivity contribution in [3.05, 3.63) is 76.1 Å². The summed E-state index contributed by atoms with van der Waals surface area (Å²) in [7, 11) is 1.47. The number of aliphatic carboxylic acids is 1. The van der Waals surface area contributed by atoms with Gasteiger partial charge in [0.2, 0.25) is 0 Å². The number of benzene rings is 2. The van der Waals surface area contributed by atoms with Gasteiger partial charge in [0.25, 0.3) is 5.91 Å². The Morgan fingerprint density at radius 3 is 2.53 bits per heavy atom. The summed E-state index contributed by atoms with van der Waals surface area (Å²) in [5.74, 6) is -1.67. The summed E-state index contributed by atoms with van der Waals surface area (Å²) >= 11 is 6.29. The van der Waals surface area contributed by atoms with Crippen LogP contribution in [0.3, 0.4) is 0 Å². The summed E-state index contributed by atoms with van der Waals surface area (Å²) in [5, 5.41) is 20.9. The second-order valence-electron chi connectivity index (χ2n) is 7.23. The molecule has 12 heteroatoms. The molecule has 2 N–H and O–H groups in total. The van der Waals surface area contributed by atoms with Crippen LogP contribution in [0.4, 0.5) is 13.2 Å². The van der Waals surface area contributed by atoms with E-state index in [1.165, 1.54) is 13.2 Å². The molecule has 3 aromatic rings. The number of pyridine rings is 1. The van der Waals surface area contributed by atoms with Crippen molar-refractivity contribution in [2.75, 3.05) is 13.7 Å². The average Bonchev–Trinajstić information content (AvgIpc) is 2.85. The first-order valence-corrected chi connectivity index (χ1v) is 10.5. The second kappa shape index (κ2) is 11.0. The van der Waals surface area contributed by atoms with Crippen molar-refractivity contribution in [1.29, 1.82) is 5.26 Å². The van der Waals surface area contributed by atoms with E-state index in [0.29, 0.717) is 17.4 Å². The zero-order valence-electron chi connectivity index (χ0n) is 18.5. The number of nitrogens with zero attached hydrogens (tertiary/aromatic N) is 2. The maximum atomic E-state index is 13.1. The first-order chi connectivity index (χ1) is 17.0. The summed E-state index contributed by atoms with van der Waals surface area (Å²) < 4.78 is 49.6. The van der Waals surface area contributed by atoms with Gasteiger partial charge in [-0.3, -0.25) is 9.78 Å². The third-order valence-electron chi connectivity index (χ3n) is 4.90. The quantitative estimate of drug-likeness (QED) is 0.442. The van der Waals surface area contributed by atoms with E-state index < -0.39 is 30.4 Å². The number of ether oxygens (including phenoxy) is 2. The number of carboxylic acids is 1. The van der Waals surface area contributed by atoms with Crippen molar-refractivity contribution in [3.8, 4) is 28.7 Å². The fraction of sp³-hybridized carbons (Fsp3) is 0.167. The number of nitriles is 1. The van der Waals surface area contributed by atoms with Crippen LogP contribution in [-0.4, -0.2) is 35.7 Å². The summed E-state index contributed by atoms with van der Waals surface area (Å²) in [5.41, 5.74) is -1.18. The second-order valence-corrected chi connectivity index (χ2v) is 7.64. The van der Waals surface area contributed by atoms with Gasteiger partial charge >= 0.3 is 12.1 Å². The van der Waals surface area contributed by atoms with Gasteiger partial charge in [-0.15, -0.1) is 0 Å². The Kier molecular flexibility index (Phi) is 8.01. The standard InChI is InChI=1S/C24H17ClF3N3O5/c1-35-19-5-3-2-4-13(19)10-31-23(34)16-7-15(18(25)8-20(16)36-12-22(32)33)17-11-30-21(24(26,27)28)6-14(17)9-29/h2-8,11H,10,12H2,1H3,(H,31,34)(H,32,33). The first kappa shape index (κ1) is 26.3. The lowest BCUT2D eigenvalue weighted by atomic mass is 9.98. The summed E-state index contributed by atoms with van der Waals surface area (Å²) in [6.45, 7) is -0.752. The lowest BCUT2D eigenvalue weighted by molar-refractivity contribution is -0.141. The van der Waals surface area contributed by atoms with Crippen LogP contribution in [0.15, 0.2) is 48.7 Å². The van der Waals surface area contributed by atoms with Crippen LogP contribution < -0.4 is 14.8 Å². The Morgan fingerprint density at radius 2 is 1.89 bits per heavy atom. The Morgan fingerprint density at radius 1 is 1.17 bits per heavy atom. The predicted molar refractivity (Wildman–Crippen MR) is 122 cm³/mol. The van der Waals surface area contributed by atoms with Gasteiger partial charge in [0.15, 0.2) is 6.61 Å². The SMILES string of the molecule is COc1ccccc1CNC(=O)c1cc(-c2cnc(C(F)(F)F)cc2C#N)c(Cl)cc1OCC(=O)O. The van der Waals surface area contributed by atoms with E-state index in [1.807, 2.05) is 0 Å². The summed E-state index contributed by atoms with van der Waals surface area (Å²) in [6, 6.07) is 11.5. The van der Waals surface area contributed by atoms with Gasteiger partial charge in [0.1, 0.15) is 17.2 Å². The molecule has 0 fully saturated rings. The molecule has 0 aliphatic carbocycles. The van der Waals surface area contributed by atoms with E-state index in [1.54, 1.807) is 30.3 Å². The lowest BCUT2D eigenvalue weighted by Crippen LogP contribution is -2.24. The molecule has 1 heterocycles. The molecule has 36 heavy (non-hydrogen) atoms. The van der Waals surface area contributed by atoms with Gasteiger partial charge in [-0.05, 0) is 18.2 Å². The lowest BCUT2D eigenvalue weighted by Gasteiger charge is -2.16. The maximum absolute atomic E-state index is 13.1. The van der Waals surface area contributed by atoms with Crippen molar-refractivity contribution in [2.45, 2.75) is 12.7 Å². The molecule has 0 unspecified atom stereocenters. The molecule has 1 amide bonds. The minimum absolute atomic E-state index is 0.0274. The predicted octanol–water partition coefficient (Wildman–Crippen LogP) is 4.69. The number of carbonyl (C=O) groups excluding carboxylic acids is 1. The number of para-hydroxylation sites is 1. The molecule has 0 aliphatic rings. The van der Waals surface area contributed by atoms with Crippen LogP contribution in [0.1, 0.15) is 27.2 Å². The number of aromatic nitrogens is 1. The van der Waals surface area contributed by atoms with Crippen molar-refractivity contribution in [2.24, 2.45) is 0 Å². The van der Waals surface area contributed by atoms with E-state index in [9.17, 15) is 28.0 Å². The molecule has 0 bridgehead atoms. The van der Waals surface area contributed by atoms with Gasteiger partial charge < -0.3 is 19.9 Å². The van der Waals surface area contributed by atoms with Gasteiger partial charge in [-0.1, -0.05) is 29.8 Å². The maximum Gasteiger partial charge on any atom is 0.433 e. The van der Waals surface area contributed by atoms with Crippen LogP contribution in [-0.2, 0) is 17.5 Å². The van der Waals surface area contributed by atoms with E-state index in [0.717, 1.165) is 12.3 Å². The average molecular weight is 520 g/mol. The molecule has 186 valence electrons. The van der Waals surface area contributed by atoms with Crippen molar-refractivity contribution >= 4 is 23.5 Å².